The molecule has 0 bridgehead atoms. The summed E-state index contributed by atoms with van der Waals surface area (Å²) in [5.74, 6) is 2.76. The Bertz CT molecular complexity index is 741. The molecule has 0 saturated carbocycles. The summed E-state index contributed by atoms with van der Waals surface area (Å²) in [6.45, 7) is 10.4. The highest BCUT2D eigenvalue weighted by atomic mass is 16.5. The van der Waals surface area contributed by atoms with E-state index in [1.165, 1.54) is 0 Å². The quantitative estimate of drug-likeness (QED) is 0.526. The fourth-order valence-electron chi connectivity index (χ4n) is 4.06. The molecule has 3 rings (SSSR count). The summed E-state index contributed by atoms with van der Waals surface area (Å²) in [7, 11) is 1.65. The van der Waals surface area contributed by atoms with Crippen molar-refractivity contribution >= 4 is 11.9 Å². The van der Waals surface area contributed by atoms with E-state index in [1.807, 2.05) is 30.0 Å². The smallest absolute Gasteiger partial charge is 0.225 e. The SMILES string of the molecule is CCNC(=NCc1ccc(OC)c(OCC)c1)N1CCC(C(=O)N2CCOCC2)CC1. The average molecular weight is 433 g/mol. The lowest BCUT2D eigenvalue weighted by Gasteiger charge is -2.36. The van der Waals surface area contributed by atoms with Crippen molar-refractivity contribution in [2.75, 3.05) is 59.7 Å². The van der Waals surface area contributed by atoms with E-state index in [-0.39, 0.29) is 11.8 Å². The lowest BCUT2D eigenvalue weighted by atomic mass is 9.95. The van der Waals surface area contributed by atoms with Crippen LogP contribution in [0, 0.1) is 5.92 Å². The van der Waals surface area contributed by atoms with E-state index in [1.54, 1.807) is 7.11 Å². The molecule has 1 aromatic rings. The number of nitrogens with one attached hydrogen (secondary N) is 1. The Kier molecular flexibility index (Phi) is 8.82. The van der Waals surface area contributed by atoms with E-state index in [4.69, 9.17) is 19.2 Å². The molecule has 1 N–H and O–H groups in total. The minimum Gasteiger partial charge on any atom is -0.493 e. The fourth-order valence-corrected chi connectivity index (χ4v) is 4.06. The molecule has 8 nitrogen and oxygen atoms in total. The Morgan fingerprint density at radius 2 is 1.87 bits per heavy atom. The number of carbonyl (C=O) groups excluding carboxylic acids is 1. The lowest BCUT2D eigenvalue weighted by Crippen LogP contribution is -2.50. The minimum absolute atomic E-state index is 0.104. The van der Waals surface area contributed by atoms with Gasteiger partial charge in [0.15, 0.2) is 17.5 Å². The van der Waals surface area contributed by atoms with E-state index < -0.39 is 0 Å². The van der Waals surface area contributed by atoms with Gasteiger partial charge < -0.3 is 29.3 Å². The van der Waals surface area contributed by atoms with Gasteiger partial charge in [-0.1, -0.05) is 6.07 Å². The number of guanidine groups is 1. The number of benzene rings is 1. The van der Waals surface area contributed by atoms with Gasteiger partial charge in [-0.15, -0.1) is 0 Å². The number of hydrogen-bond donors (Lipinski definition) is 1. The van der Waals surface area contributed by atoms with Gasteiger partial charge in [0, 0.05) is 38.6 Å². The van der Waals surface area contributed by atoms with Crippen molar-refractivity contribution in [1.82, 2.24) is 15.1 Å². The first-order valence-electron chi connectivity index (χ1n) is 11.4. The van der Waals surface area contributed by atoms with E-state index in [0.717, 1.165) is 68.6 Å². The fraction of sp³-hybridized carbons (Fsp3) is 0.652. The van der Waals surface area contributed by atoms with Crippen LogP contribution in [0.5, 0.6) is 11.5 Å². The largest absolute Gasteiger partial charge is 0.493 e. The highest BCUT2D eigenvalue weighted by Crippen LogP contribution is 2.28. The van der Waals surface area contributed by atoms with Crippen molar-refractivity contribution in [2.45, 2.75) is 33.2 Å². The summed E-state index contributed by atoms with van der Waals surface area (Å²) in [5, 5.41) is 3.40. The van der Waals surface area contributed by atoms with Crippen LogP contribution in [0.4, 0.5) is 0 Å². The minimum atomic E-state index is 0.104. The maximum absolute atomic E-state index is 12.8. The molecule has 1 aromatic carbocycles. The molecular formula is C23H36N4O4. The monoisotopic (exact) mass is 432 g/mol. The summed E-state index contributed by atoms with van der Waals surface area (Å²) in [5.41, 5.74) is 1.07. The Labute approximate surface area is 185 Å². The van der Waals surface area contributed by atoms with Gasteiger partial charge in [-0.25, -0.2) is 4.99 Å². The van der Waals surface area contributed by atoms with Crippen molar-refractivity contribution in [3.63, 3.8) is 0 Å². The Hall–Kier alpha value is -2.48. The van der Waals surface area contributed by atoms with Crippen molar-refractivity contribution in [3.8, 4) is 11.5 Å². The highest BCUT2D eigenvalue weighted by molar-refractivity contribution is 5.82. The predicted molar refractivity (Wildman–Crippen MR) is 121 cm³/mol. The van der Waals surface area contributed by atoms with Crippen LogP contribution in [0.25, 0.3) is 0 Å². The summed E-state index contributed by atoms with van der Waals surface area (Å²) in [6, 6.07) is 5.93. The Balaban J connectivity index is 1.60. The normalized spacial score (nSPS) is 18.1. The van der Waals surface area contributed by atoms with Crippen LogP contribution in [-0.2, 0) is 16.1 Å². The number of rotatable bonds is 7. The standard InChI is InChI=1S/C23H36N4O4/c1-4-24-23(25-17-18-6-7-20(29-3)21(16-18)31-5-2)27-10-8-19(9-11-27)22(28)26-12-14-30-15-13-26/h6-7,16,19H,4-5,8-15,17H2,1-3H3,(H,24,25). The summed E-state index contributed by atoms with van der Waals surface area (Å²) < 4.78 is 16.4. The van der Waals surface area contributed by atoms with Gasteiger partial charge in [0.05, 0.1) is 33.5 Å². The van der Waals surface area contributed by atoms with Crippen LogP contribution in [0.15, 0.2) is 23.2 Å². The molecule has 172 valence electrons. The third-order valence-corrected chi connectivity index (χ3v) is 5.74. The zero-order valence-corrected chi connectivity index (χ0v) is 19.1. The Morgan fingerprint density at radius 1 is 1.13 bits per heavy atom. The number of carbonyl (C=O) groups is 1. The van der Waals surface area contributed by atoms with E-state index >= 15 is 0 Å². The van der Waals surface area contributed by atoms with Crippen LogP contribution in [-0.4, -0.2) is 81.3 Å². The van der Waals surface area contributed by atoms with E-state index in [2.05, 4.69) is 17.1 Å². The molecule has 0 atom stereocenters. The van der Waals surface area contributed by atoms with Crippen molar-refractivity contribution in [1.29, 1.82) is 0 Å². The maximum Gasteiger partial charge on any atom is 0.225 e. The van der Waals surface area contributed by atoms with Crippen LogP contribution < -0.4 is 14.8 Å². The Morgan fingerprint density at radius 3 is 2.52 bits per heavy atom. The summed E-state index contributed by atoms with van der Waals surface area (Å²) >= 11 is 0. The molecule has 0 aromatic heterocycles. The molecule has 1 amide bonds. The summed E-state index contributed by atoms with van der Waals surface area (Å²) in [6.07, 6.45) is 1.72. The maximum atomic E-state index is 12.8. The second-order valence-electron chi connectivity index (χ2n) is 7.79. The molecule has 0 unspecified atom stereocenters. The zero-order chi connectivity index (χ0) is 22.1. The molecule has 2 fully saturated rings. The van der Waals surface area contributed by atoms with Gasteiger partial charge in [0.25, 0.3) is 0 Å². The number of hydrogen-bond acceptors (Lipinski definition) is 5. The highest BCUT2D eigenvalue weighted by Gasteiger charge is 2.30. The number of methoxy groups -OCH3 is 1. The first kappa shape index (κ1) is 23.2. The van der Waals surface area contributed by atoms with Crippen molar-refractivity contribution in [2.24, 2.45) is 10.9 Å². The van der Waals surface area contributed by atoms with E-state index in [9.17, 15) is 4.79 Å². The lowest BCUT2D eigenvalue weighted by molar-refractivity contribution is -0.140. The molecule has 31 heavy (non-hydrogen) atoms. The molecule has 2 saturated heterocycles. The molecule has 2 aliphatic rings. The van der Waals surface area contributed by atoms with Crippen LogP contribution in [0.3, 0.4) is 0 Å². The molecular weight excluding hydrogens is 396 g/mol. The topological polar surface area (TPSA) is 75.6 Å². The van der Waals surface area contributed by atoms with Gasteiger partial charge in [-0.3, -0.25) is 4.79 Å². The number of morpholine rings is 1. The zero-order valence-electron chi connectivity index (χ0n) is 19.1. The first-order valence-corrected chi connectivity index (χ1v) is 11.4. The van der Waals surface area contributed by atoms with Crippen molar-refractivity contribution in [3.05, 3.63) is 23.8 Å². The average Bonchev–Trinajstić information content (AvgIpc) is 2.82. The number of aliphatic imine (C=N–C) groups is 1. The summed E-state index contributed by atoms with van der Waals surface area (Å²) in [4.78, 5) is 21.9. The number of piperidine rings is 1. The van der Waals surface area contributed by atoms with Gasteiger partial charge in [-0.2, -0.15) is 0 Å². The van der Waals surface area contributed by atoms with Crippen molar-refractivity contribution < 1.29 is 19.0 Å². The molecule has 0 radical (unpaired) electrons. The third kappa shape index (κ3) is 6.26. The second kappa shape index (κ2) is 11.8. The van der Waals surface area contributed by atoms with Gasteiger partial charge in [-0.05, 0) is 44.4 Å². The van der Waals surface area contributed by atoms with Gasteiger partial charge in [0.1, 0.15) is 0 Å². The molecule has 0 aliphatic carbocycles. The van der Waals surface area contributed by atoms with Crippen LogP contribution in [0.2, 0.25) is 0 Å². The molecule has 2 heterocycles. The number of amides is 1. The number of likely N-dealkylation sites (tertiary alicyclic amines) is 1. The molecule has 8 heteroatoms. The van der Waals surface area contributed by atoms with Gasteiger partial charge in [0.2, 0.25) is 5.91 Å². The number of nitrogens with zero attached hydrogens (tertiary/aromatic N) is 3. The molecule has 0 spiro atoms. The van der Waals surface area contributed by atoms with Gasteiger partial charge >= 0.3 is 0 Å². The van der Waals surface area contributed by atoms with Crippen LogP contribution in [0.1, 0.15) is 32.3 Å². The van der Waals surface area contributed by atoms with E-state index in [0.29, 0.717) is 26.4 Å². The third-order valence-electron chi connectivity index (χ3n) is 5.74. The molecule has 2 aliphatic heterocycles. The first-order chi connectivity index (χ1) is 15.2. The number of ether oxygens (including phenoxy) is 3. The predicted octanol–water partition coefficient (Wildman–Crippen LogP) is 2.13. The van der Waals surface area contributed by atoms with Crippen LogP contribution >= 0.6 is 0 Å². The second-order valence-corrected chi connectivity index (χ2v) is 7.79.